The minimum absolute atomic E-state index is 1.14. The Morgan fingerprint density at radius 3 is 1.24 bits per heavy atom. The Bertz CT molecular complexity index is 1870. The van der Waals surface area contributed by atoms with Crippen molar-refractivity contribution in [2.75, 3.05) is 4.90 Å². The van der Waals surface area contributed by atoms with Crippen LogP contribution in [0.25, 0.3) is 46.1 Å². The van der Waals surface area contributed by atoms with Crippen molar-refractivity contribution in [3.05, 3.63) is 173 Å². The fraction of sp³-hybridized carbons (Fsp3) is 0. The summed E-state index contributed by atoms with van der Waals surface area (Å²) in [5.74, 6) is 0. The first kappa shape index (κ1) is 23.5. The number of fused-ring (bicyclic) bond motifs is 7. The molecule has 1 aliphatic carbocycles. The third kappa shape index (κ3) is 3.94. The van der Waals surface area contributed by atoms with Gasteiger partial charge in [-0.15, -0.1) is 0 Å². The van der Waals surface area contributed by atoms with Gasteiger partial charge in [-0.3, -0.25) is 0 Å². The van der Waals surface area contributed by atoms with Crippen molar-refractivity contribution in [3.8, 4) is 22.3 Å². The monoisotopic (exact) mass is 521 g/mol. The number of nitrogens with zero attached hydrogens (tertiary/aromatic N) is 1. The van der Waals surface area contributed by atoms with Crippen LogP contribution in [0.5, 0.6) is 0 Å². The molecular weight excluding hydrogens is 494 g/mol. The number of benzene rings is 6. The maximum absolute atomic E-state index is 2.37. The van der Waals surface area contributed by atoms with Gasteiger partial charge in [-0.2, -0.15) is 0 Å². The first-order valence-corrected chi connectivity index (χ1v) is 14.1. The quantitative estimate of drug-likeness (QED) is 0.219. The van der Waals surface area contributed by atoms with Gasteiger partial charge in [-0.25, -0.2) is 0 Å². The highest BCUT2D eigenvalue weighted by Gasteiger charge is 2.23. The number of rotatable bonds is 2. The molecule has 6 aromatic carbocycles. The van der Waals surface area contributed by atoms with E-state index in [-0.39, 0.29) is 0 Å². The van der Waals surface area contributed by atoms with Crippen molar-refractivity contribution in [2.45, 2.75) is 0 Å². The molecular formula is C40H27N. The van der Waals surface area contributed by atoms with Crippen LogP contribution in [0.3, 0.4) is 0 Å². The fourth-order valence-electron chi connectivity index (χ4n) is 6.30. The van der Waals surface area contributed by atoms with Crippen LogP contribution in [0.4, 0.5) is 17.1 Å². The molecule has 0 atom stereocenters. The van der Waals surface area contributed by atoms with E-state index in [1.807, 2.05) is 0 Å². The maximum Gasteiger partial charge on any atom is 0.0534 e. The second kappa shape index (κ2) is 9.66. The van der Waals surface area contributed by atoms with Crippen molar-refractivity contribution in [2.24, 2.45) is 0 Å². The molecule has 0 unspecified atom stereocenters. The number of anilines is 3. The predicted molar refractivity (Wildman–Crippen MR) is 174 cm³/mol. The van der Waals surface area contributed by atoms with Crippen molar-refractivity contribution >= 4 is 40.9 Å². The van der Waals surface area contributed by atoms with Crippen molar-refractivity contribution < 1.29 is 0 Å². The third-order valence-corrected chi connectivity index (χ3v) is 8.20. The molecule has 41 heavy (non-hydrogen) atoms. The molecule has 0 aromatic heterocycles. The van der Waals surface area contributed by atoms with Gasteiger partial charge < -0.3 is 4.90 Å². The van der Waals surface area contributed by atoms with Gasteiger partial charge in [0.1, 0.15) is 0 Å². The summed E-state index contributed by atoms with van der Waals surface area (Å²) in [6.45, 7) is 0. The van der Waals surface area contributed by atoms with Gasteiger partial charge in [0.05, 0.1) is 11.4 Å². The van der Waals surface area contributed by atoms with Crippen LogP contribution in [0.2, 0.25) is 0 Å². The Morgan fingerprint density at radius 2 is 0.756 bits per heavy atom. The van der Waals surface area contributed by atoms with E-state index >= 15 is 0 Å². The van der Waals surface area contributed by atoms with E-state index in [4.69, 9.17) is 0 Å². The van der Waals surface area contributed by atoms with Gasteiger partial charge in [-0.05, 0) is 86.0 Å². The Morgan fingerprint density at radius 1 is 0.366 bits per heavy atom. The Balaban J connectivity index is 1.28. The molecule has 192 valence electrons. The number of para-hydroxylation sites is 2. The Labute approximate surface area is 241 Å². The van der Waals surface area contributed by atoms with E-state index in [0.717, 1.165) is 5.69 Å². The van der Waals surface area contributed by atoms with Gasteiger partial charge >= 0.3 is 0 Å². The SMILES string of the molecule is C1=Cc2ccccc2N(c2ccc(C=C3c4ccccc4-c4ccccc4-c4ccccc43)cc2)c2ccccc21. The van der Waals surface area contributed by atoms with E-state index in [1.165, 1.54) is 67.0 Å². The van der Waals surface area contributed by atoms with Crippen LogP contribution < -0.4 is 4.90 Å². The molecule has 0 radical (unpaired) electrons. The molecule has 6 aromatic rings. The lowest BCUT2D eigenvalue weighted by molar-refractivity contribution is 1.28. The summed E-state index contributed by atoms with van der Waals surface area (Å²) >= 11 is 0. The first-order valence-electron chi connectivity index (χ1n) is 14.1. The van der Waals surface area contributed by atoms with Gasteiger partial charge in [0.25, 0.3) is 0 Å². The molecule has 1 heterocycles. The van der Waals surface area contributed by atoms with Crippen molar-refractivity contribution in [3.63, 3.8) is 0 Å². The summed E-state index contributed by atoms with van der Waals surface area (Å²) in [5, 5.41) is 0. The van der Waals surface area contributed by atoms with Crippen LogP contribution in [-0.2, 0) is 0 Å². The Hall–Kier alpha value is -5.40. The third-order valence-electron chi connectivity index (χ3n) is 8.20. The summed E-state index contributed by atoms with van der Waals surface area (Å²) in [6.07, 6.45) is 6.77. The second-order valence-electron chi connectivity index (χ2n) is 10.6. The van der Waals surface area contributed by atoms with Crippen molar-refractivity contribution in [1.82, 2.24) is 0 Å². The van der Waals surface area contributed by atoms with E-state index in [1.54, 1.807) is 0 Å². The minimum atomic E-state index is 1.14. The molecule has 1 nitrogen and oxygen atoms in total. The molecule has 0 fully saturated rings. The standard InChI is InChI=1S/C40H27N/c1-9-19-39-29(11-1)23-24-30-12-2-10-20-40(30)41(39)31-25-21-28(22-26-31)27-38-36-17-7-5-15-34(36)32-13-3-4-14-33(32)35-16-6-8-18-37(35)38/h1-27H. The lowest BCUT2D eigenvalue weighted by Gasteiger charge is -2.27. The zero-order valence-electron chi connectivity index (χ0n) is 22.5. The smallest absolute Gasteiger partial charge is 0.0534 e. The van der Waals surface area contributed by atoms with Gasteiger partial charge in [0, 0.05) is 5.69 Å². The normalized spacial score (nSPS) is 12.7. The van der Waals surface area contributed by atoms with Crippen LogP contribution >= 0.6 is 0 Å². The van der Waals surface area contributed by atoms with Gasteiger partial charge in [0.15, 0.2) is 0 Å². The molecule has 0 saturated heterocycles. The van der Waals surface area contributed by atoms with E-state index in [0.29, 0.717) is 0 Å². The molecule has 0 saturated carbocycles. The lowest BCUT2D eigenvalue weighted by Crippen LogP contribution is -2.11. The molecule has 0 bridgehead atoms. The van der Waals surface area contributed by atoms with Crippen LogP contribution in [0, 0.1) is 0 Å². The van der Waals surface area contributed by atoms with Gasteiger partial charge in [-0.1, -0.05) is 133 Å². The van der Waals surface area contributed by atoms with Crippen LogP contribution in [-0.4, -0.2) is 0 Å². The second-order valence-corrected chi connectivity index (χ2v) is 10.6. The molecule has 1 aliphatic heterocycles. The lowest BCUT2D eigenvalue weighted by atomic mass is 9.91. The zero-order valence-corrected chi connectivity index (χ0v) is 22.5. The predicted octanol–water partition coefficient (Wildman–Crippen LogP) is 10.9. The molecule has 1 heteroatoms. The molecule has 0 spiro atoms. The van der Waals surface area contributed by atoms with E-state index < -0.39 is 0 Å². The highest BCUT2D eigenvalue weighted by atomic mass is 15.1. The average molecular weight is 522 g/mol. The zero-order chi connectivity index (χ0) is 27.2. The topological polar surface area (TPSA) is 3.24 Å². The van der Waals surface area contributed by atoms with E-state index in [9.17, 15) is 0 Å². The number of hydrogen-bond donors (Lipinski definition) is 0. The summed E-state index contributed by atoms with van der Waals surface area (Å²) in [4.78, 5) is 2.37. The maximum atomic E-state index is 2.37. The van der Waals surface area contributed by atoms with Crippen LogP contribution in [0.1, 0.15) is 27.8 Å². The van der Waals surface area contributed by atoms with E-state index in [2.05, 4.69) is 169 Å². The molecule has 0 N–H and O–H groups in total. The highest BCUT2D eigenvalue weighted by molar-refractivity contribution is 6.06. The molecule has 8 rings (SSSR count). The summed E-state index contributed by atoms with van der Waals surface area (Å²) in [5.41, 5.74) is 16.0. The minimum Gasteiger partial charge on any atom is -0.309 e. The number of hydrogen-bond acceptors (Lipinski definition) is 1. The summed E-state index contributed by atoms with van der Waals surface area (Å²) in [7, 11) is 0. The highest BCUT2D eigenvalue weighted by Crippen LogP contribution is 2.46. The molecule has 2 aliphatic rings. The van der Waals surface area contributed by atoms with Crippen LogP contribution in [0.15, 0.2) is 146 Å². The summed E-state index contributed by atoms with van der Waals surface area (Å²) in [6, 6.07) is 52.6. The Kier molecular flexibility index (Phi) is 5.53. The molecule has 0 amide bonds. The summed E-state index contributed by atoms with van der Waals surface area (Å²) < 4.78 is 0. The fourth-order valence-corrected chi connectivity index (χ4v) is 6.30. The largest absolute Gasteiger partial charge is 0.309 e. The van der Waals surface area contributed by atoms with Crippen molar-refractivity contribution in [1.29, 1.82) is 0 Å². The van der Waals surface area contributed by atoms with Gasteiger partial charge in [0.2, 0.25) is 0 Å². The average Bonchev–Trinajstić information content (AvgIpc) is 3.28. The first-order chi connectivity index (χ1) is 20.3.